The van der Waals surface area contributed by atoms with Gasteiger partial charge in [0.1, 0.15) is 0 Å². The first-order chi connectivity index (χ1) is 8.40. The number of nitrogens with one attached hydrogen (secondary N) is 1. The predicted octanol–water partition coefficient (Wildman–Crippen LogP) is 1.03. The number of primary amides is 1. The number of benzene rings is 1. The van der Waals surface area contributed by atoms with Gasteiger partial charge in [0.05, 0.1) is 5.56 Å². The Kier molecular flexibility index (Phi) is 5.08. The molecule has 0 unspecified atom stereocenters. The molecule has 0 fully saturated rings. The number of imide groups is 1. The molecule has 18 heavy (non-hydrogen) atoms. The van der Waals surface area contributed by atoms with Gasteiger partial charge in [-0.1, -0.05) is 6.07 Å². The van der Waals surface area contributed by atoms with Crippen molar-refractivity contribution in [3.05, 3.63) is 33.4 Å². The Labute approximate surface area is 117 Å². The zero-order chi connectivity index (χ0) is 13.7. The van der Waals surface area contributed by atoms with E-state index in [2.05, 4.69) is 22.6 Å². The van der Waals surface area contributed by atoms with E-state index in [1.54, 1.807) is 18.2 Å². The molecule has 1 aromatic rings. The van der Waals surface area contributed by atoms with Gasteiger partial charge in [0.15, 0.2) is 6.10 Å². The van der Waals surface area contributed by atoms with Crippen molar-refractivity contribution in [3.63, 3.8) is 0 Å². The molecule has 0 aliphatic heterocycles. The molecule has 0 heterocycles. The number of nitrogens with two attached hydrogens (primary N) is 1. The number of hydrogen-bond acceptors (Lipinski definition) is 4. The molecule has 0 aromatic heterocycles. The Hall–Kier alpha value is -1.64. The van der Waals surface area contributed by atoms with E-state index in [-0.39, 0.29) is 0 Å². The van der Waals surface area contributed by atoms with Crippen molar-refractivity contribution in [3.8, 4) is 0 Å². The van der Waals surface area contributed by atoms with Crippen molar-refractivity contribution >= 4 is 40.5 Å². The summed E-state index contributed by atoms with van der Waals surface area (Å²) in [6.45, 7) is 1.35. The van der Waals surface area contributed by atoms with Gasteiger partial charge in [-0.3, -0.25) is 10.1 Å². The second-order valence-electron chi connectivity index (χ2n) is 3.41. The molecule has 0 bridgehead atoms. The Balaban J connectivity index is 2.65. The van der Waals surface area contributed by atoms with E-state index < -0.39 is 24.0 Å². The standard InChI is InChI=1S/C11H11IN2O4/c1-6(9(15)14-11(13)17)18-10(16)7-3-2-4-8(12)5-7/h2-6H,1H3,(H3,13,14,15,17)/t6-/m1/s1. The van der Waals surface area contributed by atoms with Crippen LogP contribution in [0.15, 0.2) is 24.3 Å². The topological polar surface area (TPSA) is 98.5 Å². The zero-order valence-corrected chi connectivity index (χ0v) is 11.6. The fourth-order valence-electron chi connectivity index (χ4n) is 1.12. The molecule has 1 aromatic carbocycles. The van der Waals surface area contributed by atoms with Gasteiger partial charge in [0, 0.05) is 3.57 Å². The zero-order valence-electron chi connectivity index (χ0n) is 9.48. The third-order valence-corrected chi connectivity index (χ3v) is 2.63. The highest BCUT2D eigenvalue weighted by Gasteiger charge is 2.19. The van der Waals surface area contributed by atoms with Crippen LogP contribution in [0.4, 0.5) is 4.79 Å². The summed E-state index contributed by atoms with van der Waals surface area (Å²) >= 11 is 2.05. The highest BCUT2D eigenvalue weighted by molar-refractivity contribution is 14.1. The molecule has 1 atom stereocenters. The Morgan fingerprint density at radius 3 is 2.61 bits per heavy atom. The second-order valence-corrected chi connectivity index (χ2v) is 4.66. The van der Waals surface area contributed by atoms with Crippen molar-refractivity contribution in [2.24, 2.45) is 5.73 Å². The maximum atomic E-state index is 11.7. The fraction of sp³-hybridized carbons (Fsp3) is 0.182. The van der Waals surface area contributed by atoms with Crippen molar-refractivity contribution in [2.75, 3.05) is 0 Å². The maximum Gasteiger partial charge on any atom is 0.338 e. The summed E-state index contributed by atoms with van der Waals surface area (Å²) in [4.78, 5) is 33.4. The summed E-state index contributed by atoms with van der Waals surface area (Å²) in [5.74, 6) is -1.40. The van der Waals surface area contributed by atoms with E-state index >= 15 is 0 Å². The van der Waals surface area contributed by atoms with Gasteiger partial charge in [-0.05, 0) is 47.7 Å². The number of hydrogen-bond donors (Lipinski definition) is 2. The molecule has 96 valence electrons. The molecule has 0 radical (unpaired) electrons. The minimum Gasteiger partial charge on any atom is -0.449 e. The number of esters is 1. The van der Waals surface area contributed by atoms with Crippen molar-refractivity contribution in [2.45, 2.75) is 13.0 Å². The largest absolute Gasteiger partial charge is 0.449 e. The summed E-state index contributed by atoms with van der Waals surface area (Å²) in [5.41, 5.74) is 5.11. The number of halogens is 1. The van der Waals surface area contributed by atoms with Crippen LogP contribution in [-0.4, -0.2) is 24.0 Å². The smallest absolute Gasteiger partial charge is 0.338 e. The highest BCUT2D eigenvalue weighted by atomic mass is 127. The number of carbonyl (C=O) groups excluding carboxylic acids is 3. The van der Waals surface area contributed by atoms with E-state index in [9.17, 15) is 14.4 Å². The average Bonchev–Trinajstić information content (AvgIpc) is 2.27. The molecule has 3 N–H and O–H groups in total. The van der Waals surface area contributed by atoms with Gasteiger partial charge >= 0.3 is 12.0 Å². The highest BCUT2D eigenvalue weighted by Crippen LogP contribution is 2.10. The van der Waals surface area contributed by atoms with E-state index in [1.165, 1.54) is 6.92 Å². The van der Waals surface area contributed by atoms with Crippen LogP contribution >= 0.6 is 22.6 Å². The fourth-order valence-corrected chi connectivity index (χ4v) is 1.66. The van der Waals surface area contributed by atoms with Gasteiger partial charge in [-0.25, -0.2) is 9.59 Å². The lowest BCUT2D eigenvalue weighted by atomic mass is 10.2. The SMILES string of the molecule is C[C@@H](OC(=O)c1cccc(I)c1)C(=O)NC(N)=O. The lowest BCUT2D eigenvalue weighted by molar-refractivity contribution is -0.127. The van der Waals surface area contributed by atoms with Gasteiger partial charge in [0.2, 0.25) is 0 Å². The third-order valence-electron chi connectivity index (χ3n) is 1.96. The van der Waals surface area contributed by atoms with Gasteiger partial charge in [0.25, 0.3) is 5.91 Å². The van der Waals surface area contributed by atoms with Crippen LogP contribution in [0.25, 0.3) is 0 Å². The number of urea groups is 1. The first-order valence-corrected chi connectivity index (χ1v) is 6.05. The van der Waals surface area contributed by atoms with Crippen LogP contribution in [0.3, 0.4) is 0 Å². The molecule has 0 saturated heterocycles. The number of ether oxygens (including phenoxy) is 1. The molecule has 0 saturated carbocycles. The van der Waals surface area contributed by atoms with Crippen LogP contribution in [0.1, 0.15) is 17.3 Å². The van der Waals surface area contributed by atoms with Gasteiger partial charge < -0.3 is 10.5 Å². The molecule has 0 aliphatic rings. The molecule has 0 spiro atoms. The van der Waals surface area contributed by atoms with Crippen LogP contribution in [0.5, 0.6) is 0 Å². The number of amides is 3. The third kappa shape index (κ3) is 4.32. The van der Waals surface area contributed by atoms with Gasteiger partial charge in [-0.15, -0.1) is 0 Å². The monoisotopic (exact) mass is 362 g/mol. The average molecular weight is 362 g/mol. The minimum atomic E-state index is -1.09. The second kappa shape index (κ2) is 6.34. The van der Waals surface area contributed by atoms with Crippen molar-refractivity contribution < 1.29 is 19.1 Å². The van der Waals surface area contributed by atoms with E-state index in [0.717, 1.165) is 3.57 Å². The van der Waals surface area contributed by atoms with Crippen molar-refractivity contribution in [1.29, 1.82) is 0 Å². The van der Waals surface area contributed by atoms with E-state index in [1.807, 2.05) is 11.4 Å². The summed E-state index contributed by atoms with van der Waals surface area (Å²) in [6.07, 6.45) is -1.09. The Bertz CT molecular complexity index is 490. The summed E-state index contributed by atoms with van der Waals surface area (Å²) in [5, 5.41) is 1.83. The van der Waals surface area contributed by atoms with Crippen LogP contribution < -0.4 is 11.1 Å². The normalized spacial score (nSPS) is 11.4. The van der Waals surface area contributed by atoms with Crippen molar-refractivity contribution in [1.82, 2.24) is 5.32 Å². The molecule has 1 rings (SSSR count). The number of carbonyl (C=O) groups is 3. The Morgan fingerprint density at radius 2 is 2.06 bits per heavy atom. The maximum absolute atomic E-state index is 11.7. The number of rotatable bonds is 3. The quantitative estimate of drug-likeness (QED) is 0.620. The predicted molar refractivity (Wildman–Crippen MR) is 71.8 cm³/mol. The minimum absolute atomic E-state index is 0.334. The Morgan fingerprint density at radius 1 is 1.39 bits per heavy atom. The van der Waals surface area contributed by atoms with Gasteiger partial charge in [-0.2, -0.15) is 0 Å². The molecular formula is C11H11IN2O4. The van der Waals surface area contributed by atoms with Crippen LogP contribution in [0, 0.1) is 3.57 Å². The van der Waals surface area contributed by atoms with E-state index in [4.69, 9.17) is 10.5 Å². The van der Waals surface area contributed by atoms with Crippen LogP contribution in [0.2, 0.25) is 0 Å². The first kappa shape index (κ1) is 14.4. The molecule has 3 amide bonds. The lowest BCUT2D eigenvalue weighted by Gasteiger charge is -2.11. The molecule has 0 aliphatic carbocycles. The first-order valence-electron chi connectivity index (χ1n) is 4.97. The summed E-state index contributed by atoms with van der Waals surface area (Å²) in [6, 6.07) is 5.73. The van der Waals surface area contributed by atoms with Crippen LogP contribution in [-0.2, 0) is 9.53 Å². The lowest BCUT2D eigenvalue weighted by Crippen LogP contribution is -2.42. The summed E-state index contributed by atoms with van der Waals surface area (Å²) in [7, 11) is 0. The molecule has 6 nitrogen and oxygen atoms in total. The molecule has 7 heteroatoms. The molecular weight excluding hydrogens is 351 g/mol. The summed E-state index contributed by atoms with van der Waals surface area (Å²) < 4.78 is 5.76. The van der Waals surface area contributed by atoms with E-state index in [0.29, 0.717) is 5.56 Å².